The Hall–Kier alpha value is -1.36. The van der Waals surface area contributed by atoms with Gasteiger partial charge >= 0.3 is 0 Å². The molecule has 1 heterocycles. The number of aromatic nitrogens is 2. The number of aliphatic hydroxyl groups is 1. The first kappa shape index (κ1) is 11.1. The van der Waals surface area contributed by atoms with Crippen molar-refractivity contribution in [2.45, 2.75) is 6.04 Å². The van der Waals surface area contributed by atoms with E-state index in [2.05, 4.69) is 5.10 Å². The Bertz CT molecular complexity index is 466. The topological polar surface area (TPSA) is 64.1 Å². The van der Waals surface area contributed by atoms with Crippen molar-refractivity contribution in [1.29, 1.82) is 0 Å². The predicted molar refractivity (Wildman–Crippen MR) is 62.6 cm³/mol. The van der Waals surface area contributed by atoms with E-state index in [4.69, 9.17) is 22.4 Å². The summed E-state index contributed by atoms with van der Waals surface area (Å²) in [4.78, 5) is 0. The van der Waals surface area contributed by atoms with E-state index >= 15 is 0 Å². The second-order valence-corrected chi connectivity index (χ2v) is 3.92. The van der Waals surface area contributed by atoms with Crippen LogP contribution in [-0.4, -0.2) is 21.5 Å². The van der Waals surface area contributed by atoms with E-state index in [0.29, 0.717) is 5.02 Å². The summed E-state index contributed by atoms with van der Waals surface area (Å²) in [6.45, 7) is -0.0910. The molecule has 4 nitrogen and oxygen atoms in total. The van der Waals surface area contributed by atoms with Crippen molar-refractivity contribution >= 4 is 11.6 Å². The van der Waals surface area contributed by atoms with Crippen LogP contribution in [0.3, 0.4) is 0 Å². The highest BCUT2D eigenvalue weighted by Gasteiger charge is 2.07. The van der Waals surface area contributed by atoms with Crippen molar-refractivity contribution in [3.63, 3.8) is 0 Å². The van der Waals surface area contributed by atoms with Gasteiger partial charge < -0.3 is 10.8 Å². The highest BCUT2D eigenvalue weighted by molar-refractivity contribution is 6.30. The molecule has 16 heavy (non-hydrogen) atoms. The van der Waals surface area contributed by atoms with Gasteiger partial charge in [0.15, 0.2) is 0 Å². The quantitative estimate of drug-likeness (QED) is 0.851. The standard InChI is InChI=1S/C11H12ClN3O/c12-9-1-3-10(4-2-9)15-6-8(5-14-15)11(13)7-16/h1-6,11,16H,7,13H2. The maximum absolute atomic E-state index is 8.92. The van der Waals surface area contributed by atoms with E-state index < -0.39 is 0 Å². The largest absolute Gasteiger partial charge is 0.394 e. The first-order valence-electron chi connectivity index (χ1n) is 4.87. The molecule has 1 aromatic carbocycles. The number of benzene rings is 1. The number of halogens is 1. The number of hydrogen-bond donors (Lipinski definition) is 2. The summed E-state index contributed by atoms with van der Waals surface area (Å²) in [5, 5.41) is 13.8. The summed E-state index contributed by atoms with van der Waals surface area (Å²) < 4.78 is 1.70. The molecule has 1 atom stereocenters. The molecule has 0 aliphatic rings. The third-order valence-electron chi connectivity index (χ3n) is 2.32. The molecule has 0 saturated heterocycles. The summed E-state index contributed by atoms with van der Waals surface area (Å²) >= 11 is 5.79. The van der Waals surface area contributed by atoms with Crippen molar-refractivity contribution in [3.8, 4) is 5.69 Å². The molecule has 1 unspecified atom stereocenters. The highest BCUT2D eigenvalue weighted by Crippen LogP contribution is 2.15. The van der Waals surface area contributed by atoms with Gasteiger partial charge in [-0.1, -0.05) is 11.6 Å². The summed E-state index contributed by atoms with van der Waals surface area (Å²) in [5.41, 5.74) is 7.39. The molecule has 0 fully saturated rings. The number of nitrogens with two attached hydrogens (primary N) is 1. The molecule has 2 aromatic rings. The lowest BCUT2D eigenvalue weighted by Gasteiger charge is -2.03. The SMILES string of the molecule is NC(CO)c1cnn(-c2ccc(Cl)cc2)c1. The zero-order valence-electron chi connectivity index (χ0n) is 8.55. The molecule has 0 saturated carbocycles. The van der Waals surface area contributed by atoms with Crippen LogP contribution in [0.5, 0.6) is 0 Å². The predicted octanol–water partition coefficient (Wildman–Crippen LogP) is 1.52. The Kier molecular flexibility index (Phi) is 3.24. The zero-order chi connectivity index (χ0) is 11.5. The minimum absolute atomic E-state index is 0.0910. The molecule has 1 aromatic heterocycles. The average molecular weight is 238 g/mol. The molecule has 0 aliphatic carbocycles. The average Bonchev–Trinajstić information content (AvgIpc) is 2.78. The number of aliphatic hydroxyl groups excluding tert-OH is 1. The zero-order valence-corrected chi connectivity index (χ0v) is 9.30. The van der Waals surface area contributed by atoms with Crippen molar-refractivity contribution in [3.05, 3.63) is 47.2 Å². The van der Waals surface area contributed by atoms with Gasteiger partial charge in [-0.3, -0.25) is 0 Å². The van der Waals surface area contributed by atoms with Crippen molar-refractivity contribution in [1.82, 2.24) is 9.78 Å². The van der Waals surface area contributed by atoms with E-state index in [1.807, 2.05) is 12.1 Å². The van der Waals surface area contributed by atoms with Crippen LogP contribution in [0.25, 0.3) is 5.69 Å². The van der Waals surface area contributed by atoms with Gasteiger partial charge in [0.2, 0.25) is 0 Å². The van der Waals surface area contributed by atoms with Crippen LogP contribution >= 0.6 is 11.6 Å². The van der Waals surface area contributed by atoms with E-state index in [-0.39, 0.29) is 12.6 Å². The maximum Gasteiger partial charge on any atom is 0.0646 e. The number of rotatable bonds is 3. The molecular weight excluding hydrogens is 226 g/mol. The van der Waals surface area contributed by atoms with Gasteiger partial charge in [-0.2, -0.15) is 5.10 Å². The van der Waals surface area contributed by atoms with Crippen molar-refractivity contribution < 1.29 is 5.11 Å². The lowest BCUT2D eigenvalue weighted by Crippen LogP contribution is -2.13. The molecule has 84 valence electrons. The highest BCUT2D eigenvalue weighted by atomic mass is 35.5. The molecule has 0 spiro atoms. The van der Waals surface area contributed by atoms with Gasteiger partial charge in [-0.05, 0) is 24.3 Å². The van der Waals surface area contributed by atoms with Gasteiger partial charge in [0.1, 0.15) is 0 Å². The van der Waals surface area contributed by atoms with Gasteiger partial charge in [0.25, 0.3) is 0 Å². The van der Waals surface area contributed by atoms with Crippen LogP contribution in [0.2, 0.25) is 5.02 Å². The van der Waals surface area contributed by atoms with Gasteiger partial charge in [-0.15, -0.1) is 0 Å². The Labute approximate surface area is 98.3 Å². The Morgan fingerprint density at radius 3 is 2.69 bits per heavy atom. The molecular formula is C11H12ClN3O. The summed E-state index contributed by atoms with van der Waals surface area (Å²) in [6, 6.07) is 6.93. The maximum atomic E-state index is 8.92. The third-order valence-corrected chi connectivity index (χ3v) is 2.57. The fourth-order valence-corrected chi connectivity index (χ4v) is 1.49. The van der Waals surface area contributed by atoms with Crippen LogP contribution in [0.4, 0.5) is 0 Å². The van der Waals surface area contributed by atoms with E-state index in [9.17, 15) is 0 Å². The number of nitrogens with zero attached hydrogens (tertiary/aromatic N) is 2. The number of hydrogen-bond acceptors (Lipinski definition) is 3. The van der Waals surface area contributed by atoms with Crippen LogP contribution in [0, 0.1) is 0 Å². The fraction of sp³-hybridized carbons (Fsp3) is 0.182. The monoisotopic (exact) mass is 237 g/mol. The van der Waals surface area contributed by atoms with Crippen LogP contribution in [-0.2, 0) is 0 Å². The van der Waals surface area contributed by atoms with Crippen molar-refractivity contribution in [2.75, 3.05) is 6.61 Å². The van der Waals surface area contributed by atoms with Gasteiger partial charge in [-0.25, -0.2) is 4.68 Å². The molecule has 0 radical (unpaired) electrons. The smallest absolute Gasteiger partial charge is 0.0646 e. The van der Waals surface area contributed by atoms with Gasteiger partial charge in [0.05, 0.1) is 24.5 Å². The lowest BCUT2D eigenvalue weighted by molar-refractivity contribution is 0.268. The lowest BCUT2D eigenvalue weighted by atomic mass is 10.2. The Balaban J connectivity index is 2.28. The summed E-state index contributed by atoms with van der Waals surface area (Å²) in [7, 11) is 0. The Morgan fingerprint density at radius 2 is 2.06 bits per heavy atom. The van der Waals surface area contributed by atoms with E-state index in [1.165, 1.54) is 0 Å². The van der Waals surface area contributed by atoms with Crippen LogP contribution < -0.4 is 5.73 Å². The molecule has 3 N–H and O–H groups in total. The molecule has 0 bridgehead atoms. The molecule has 0 amide bonds. The van der Waals surface area contributed by atoms with Crippen LogP contribution in [0.15, 0.2) is 36.7 Å². The molecule has 2 rings (SSSR count). The fourth-order valence-electron chi connectivity index (χ4n) is 1.37. The molecule has 0 aliphatic heterocycles. The van der Waals surface area contributed by atoms with Gasteiger partial charge in [0, 0.05) is 16.8 Å². The first-order valence-corrected chi connectivity index (χ1v) is 5.25. The van der Waals surface area contributed by atoms with E-state index in [0.717, 1.165) is 11.3 Å². The minimum atomic E-state index is -0.388. The Morgan fingerprint density at radius 1 is 1.38 bits per heavy atom. The molecule has 5 heteroatoms. The minimum Gasteiger partial charge on any atom is -0.394 e. The summed E-state index contributed by atoms with van der Waals surface area (Å²) in [5.74, 6) is 0. The summed E-state index contributed by atoms with van der Waals surface area (Å²) in [6.07, 6.45) is 3.44. The normalized spacial score (nSPS) is 12.7. The second-order valence-electron chi connectivity index (χ2n) is 3.48. The van der Waals surface area contributed by atoms with Crippen LogP contribution in [0.1, 0.15) is 11.6 Å². The second kappa shape index (κ2) is 4.65. The van der Waals surface area contributed by atoms with E-state index in [1.54, 1.807) is 29.2 Å². The van der Waals surface area contributed by atoms with Crippen molar-refractivity contribution in [2.24, 2.45) is 5.73 Å². The first-order chi connectivity index (χ1) is 7.70. The third kappa shape index (κ3) is 2.24.